The molecule has 2 heterocycles. The van der Waals surface area contributed by atoms with Gasteiger partial charge in [0.1, 0.15) is 10.7 Å². The predicted molar refractivity (Wildman–Crippen MR) is 93.5 cm³/mol. The standard InChI is InChI=1S/C15H17FN4O4S2/c1-10-8-11(16)2-3-13(10)26(23,24)20-6-4-19(5-7-20)15-17-9-12(25-15)14(21)18-22/h2-3,8-9,22H,4-7H2,1H3,(H,18,21). The molecule has 0 unspecified atom stereocenters. The molecule has 11 heteroatoms. The first kappa shape index (κ1) is 18.7. The van der Waals surface area contributed by atoms with Gasteiger partial charge in [0.15, 0.2) is 5.13 Å². The Labute approximate surface area is 153 Å². The number of nitrogens with one attached hydrogen (secondary N) is 1. The molecule has 1 aliphatic heterocycles. The molecule has 1 aliphatic rings. The van der Waals surface area contributed by atoms with E-state index >= 15 is 0 Å². The fourth-order valence-corrected chi connectivity index (χ4v) is 5.22. The molecule has 0 bridgehead atoms. The van der Waals surface area contributed by atoms with E-state index in [1.165, 1.54) is 22.6 Å². The third-order valence-corrected chi connectivity index (χ3v) is 7.20. The zero-order valence-electron chi connectivity index (χ0n) is 13.8. The number of carbonyl (C=O) groups excluding carboxylic acids is 1. The maximum absolute atomic E-state index is 13.2. The van der Waals surface area contributed by atoms with Gasteiger partial charge in [-0.25, -0.2) is 23.3 Å². The highest BCUT2D eigenvalue weighted by molar-refractivity contribution is 7.89. The van der Waals surface area contributed by atoms with Gasteiger partial charge in [-0.1, -0.05) is 11.3 Å². The van der Waals surface area contributed by atoms with Crippen LogP contribution in [0.3, 0.4) is 0 Å². The van der Waals surface area contributed by atoms with Crippen molar-refractivity contribution < 1.29 is 22.8 Å². The Morgan fingerprint density at radius 2 is 2.00 bits per heavy atom. The van der Waals surface area contributed by atoms with Gasteiger partial charge in [-0.15, -0.1) is 0 Å². The lowest BCUT2D eigenvalue weighted by Crippen LogP contribution is -2.48. The SMILES string of the molecule is Cc1cc(F)ccc1S(=O)(=O)N1CCN(c2ncc(C(=O)NO)s2)CC1. The number of halogens is 1. The molecule has 0 atom stereocenters. The van der Waals surface area contributed by atoms with E-state index < -0.39 is 21.7 Å². The van der Waals surface area contributed by atoms with E-state index in [0.717, 1.165) is 17.4 Å². The van der Waals surface area contributed by atoms with Crippen LogP contribution in [0.2, 0.25) is 0 Å². The van der Waals surface area contributed by atoms with Crippen molar-refractivity contribution in [2.24, 2.45) is 0 Å². The smallest absolute Gasteiger partial charge is 0.286 e. The highest BCUT2D eigenvalue weighted by Crippen LogP contribution is 2.26. The zero-order chi connectivity index (χ0) is 18.9. The Morgan fingerprint density at radius 3 is 2.62 bits per heavy atom. The van der Waals surface area contributed by atoms with Crippen LogP contribution in [0.25, 0.3) is 0 Å². The van der Waals surface area contributed by atoms with Crippen molar-refractivity contribution in [2.75, 3.05) is 31.1 Å². The summed E-state index contributed by atoms with van der Waals surface area (Å²) in [6, 6.07) is 3.62. The molecule has 0 saturated carbocycles. The van der Waals surface area contributed by atoms with E-state index in [0.29, 0.717) is 23.8 Å². The van der Waals surface area contributed by atoms with Crippen LogP contribution >= 0.6 is 11.3 Å². The van der Waals surface area contributed by atoms with Gasteiger partial charge < -0.3 is 4.90 Å². The molecule has 26 heavy (non-hydrogen) atoms. The second-order valence-corrected chi connectivity index (χ2v) is 8.66. The van der Waals surface area contributed by atoms with Crippen molar-refractivity contribution in [1.29, 1.82) is 0 Å². The van der Waals surface area contributed by atoms with Crippen LogP contribution in [0.15, 0.2) is 29.3 Å². The number of hydrogen-bond acceptors (Lipinski definition) is 7. The van der Waals surface area contributed by atoms with Crippen LogP contribution in [-0.4, -0.2) is 55.0 Å². The van der Waals surface area contributed by atoms with Crippen LogP contribution in [0.4, 0.5) is 9.52 Å². The van der Waals surface area contributed by atoms with Gasteiger partial charge in [0.2, 0.25) is 10.0 Å². The molecule has 1 aromatic carbocycles. The van der Waals surface area contributed by atoms with Crippen molar-refractivity contribution in [3.05, 3.63) is 40.7 Å². The largest absolute Gasteiger partial charge is 0.345 e. The van der Waals surface area contributed by atoms with Crippen LogP contribution in [0, 0.1) is 12.7 Å². The first-order chi connectivity index (χ1) is 12.3. The zero-order valence-corrected chi connectivity index (χ0v) is 15.5. The van der Waals surface area contributed by atoms with Gasteiger partial charge in [-0.3, -0.25) is 10.0 Å². The van der Waals surface area contributed by atoms with Crippen LogP contribution in [-0.2, 0) is 10.0 Å². The lowest BCUT2D eigenvalue weighted by Gasteiger charge is -2.34. The highest BCUT2D eigenvalue weighted by Gasteiger charge is 2.30. The van der Waals surface area contributed by atoms with Crippen molar-refractivity contribution in [3.8, 4) is 0 Å². The van der Waals surface area contributed by atoms with Gasteiger partial charge >= 0.3 is 0 Å². The molecule has 2 aromatic rings. The summed E-state index contributed by atoms with van der Waals surface area (Å²) in [4.78, 5) is 17.8. The molecule has 8 nitrogen and oxygen atoms in total. The minimum atomic E-state index is -3.70. The fraction of sp³-hybridized carbons (Fsp3) is 0.333. The molecule has 1 aromatic heterocycles. The molecule has 2 N–H and O–H groups in total. The number of amides is 1. The number of hydrogen-bond donors (Lipinski definition) is 2. The third-order valence-electron chi connectivity index (χ3n) is 4.08. The van der Waals surface area contributed by atoms with Gasteiger partial charge in [0, 0.05) is 26.2 Å². The van der Waals surface area contributed by atoms with E-state index in [-0.39, 0.29) is 22.9 Å². The van der Waals surface area contributed by atoms with E-state index in [1.807, 2.05) is 4.90 Å². The van der Waals surface area contributed by atoms with Gasteiger partial charge in [0.05, 0.1) is 11.1 Å². The second-order valence-electron chi connectivity index (χ2n) is 5.75. The topological polar surface area (TPSA) is 103 Å². The number of anilines is 1. The van der Waals surface area contributed by atoms with E-state index in [2.05, 4.69) is 4.98 Å². The molecule has 1 fully saturated rings. The van der Waals surface area contributed by atoms with Crippen molar-refractivity contribution in [3.63, 3.8) is 0 Å². The van der Waals surface area contributed by atoms with Crippen LogP contribution in [0.5, 0.6) is 0 Å². The maximum atomic E-state index is 13.2. The summed E-state index contributed by atoms with van der Waals surface area (Å²) < 4.78 is 40.2. The maximum Gasteiger partial charge on any atom is 0.286 e. The monoisotopic (exact) mass is 400 g/mol. The highest BCUT2D eigenvalue weighted by atomic mass is 32.2. The minimum absolute atomic E-state index is 0.100. The fourth-order valence-electron chi connectivity index (χ4n) is 2.73. The van der Waals surface area contributed by atoms with Gasteiger partial charge in [-0.2, -0.15) is 4.31 Å². The summed E-state index contributed by atoms with van der Waals surface area (Å²) in [5.41, 5.74) is 1.92. The number of aromatic nitrogens is 1. The average molecular weight is 400 g/mol. The molecule has 1 saturated heterocycles. The summed E-state index contributed by atoms with van der Waals surface area (Å²) in [5.74, 6) is -1.11. The number of hydroxylamine groups is 1. The Bertz CT molecular complexity index is 923. The summed E-state index contributed by atoms with van der Waals surface area (Å²) in [7, 11) is -3.70. The Hall–Kier alpha value is -2.08. The number of piperazine rings is 1. The van der Waals surface area contributed by atoms with Crippen molar-refractivity contribution in [1.82, 2.24) is 14.8 Å². The Kier molecular flexibility index (Phi) is 5.23. The molecule has 140 valence electrons. The summed E-state index contributed by atoms with van der Waals surface area (Å²) in [5, 5.41) is 9.23. The van der Waals surface area contributed by atoms with Gasteiger partial charge in [-0.05, 0) is 30.7 Å². The summed E-state index contributed by atoms with van der Waals surface area (Å²) in [6.07, 6.45) is 1.36. The number of aryl methyl sites for hydroxylation is 1. The average Bonchev–Trinajstić information content (AvgIpc) is 3.11. The summed E-state index contributed by atoms with van der Waals surface area (Å²) >= 11 is 1.11. The van der Waals surface area contributed by atoms with Gasteiger partial charge in [0.25, 0.3) is 5.91 Å². The lowest BCUT2D eigenvalue weighted by molar-refractivity contribution is 0.0710. The number of benzene rings is 1. The lowest BCUT2D eigenvalue weighted by atomic mass is 10.2. The third kappa shape index (κ3) is 3.56. The summed E-state index contributed by atoms with van der Waals surface area (Å²) in [6.45, 7) is 2.89. The first-order valence-corrected chi connectivity index (χ1v) is 10.00. The van der Waals surface area contributed by atoms with Crippen molar-refractivity contribution in [2.45, 2.75) is 11.8 Å². The quantitative estimate of drug-likeness (QED) is 0.591. The number of carbonyl (C=O) groups is 1. The minimum Gasteiger partial charge on any atom is -0.345 e. The van der Waals surface area contributed by atoms with E-state index in [1.54, 1.807) is 12.4 Å². The van der Waals surface area contributed by atoms with E-state index in [4.69, 9.17) is 5.21 Å². The molecule has 0 spiro atoms. The molecule has 0 radical (unpaired) electrons. The number of nitrogens with zero attached hydrogens (tertiary/aromatic N) is 3. The number of sulfonamides is 1. The van der Waals surface area contributed by atoms with Crippen LogP contribution < -0.4 is 10.4 Å². The van der Waals surface area contributed by atoms with Crippen LogP contribution in [0.1, 0.15) is 15.2 Å². The first-order valence-electron chi connectivity index (χ1n) is 7.74. The molecular formula is C15H17FN4O4S2. The molecule has 3 rings (SSSR count). The number of rotatable bonds is 4. The Morgan fingerprint density at radius 1 is 1.31 bits per heavy atom. The van der Waals surface area contributed by atoms with Crippen molar-refractivity contribution >= 4 is 32.4 Å². The van der Waals surface area contributed by atoms with E-state index in [9.17, 15) is 17.6 Å². The molecular weight excluding hydrogens is 383 g/mol. The normalized spacial score (nSPS) is 15.9. The molecule has 0 aliphatic carbocycles. The Balaban J connectivity index is 1.71. The second kappa shape index (κ2) is 7.27. The number of thiazole rings is 1. The molecule has 1 amide bonds. The predicted octanol–water partition coefficient (Wildman–Crippen LogP) is 1.22.